The molecule has 3 atom stereocenters. The van der Waals surface area contributed by atoms with Gasteiger partial charge in [-0.2, -0.15) is 0 Å². The second-order valence-corrected chi connectivity index (χ2v) is 9.57. The first-order chi connectivity index (χ1) is 12.3. The molecular formula is C17H22ClN3O4S. The summed E-state index contributed by atoms with van der Waals surface area (Å²) in [7, 11) is -3.22. The lowest BCUT2D eigenvalue weighted by Gasteiger charge is -2.16. The number of carbonyl (C=O) groups excluding carboxylic acids is 2. The molecule has 0 saturated carbocycles. The molecule has 2 saturated heterocycles. The van der Waals surface area contributed by atoms with Gasteiger partial charge in [-0.25, -0.2) is 13.2 Å². The van der Waals surface area contributed by atoms with Gasteiger partial charge in [-0.3, -0.25) is 4.79 Å². The predicted octanol–water partition coefficient (Wildman–Crippen LogP) is 1.99. The maximum Gasteiger partial charge on any atom is 0.315 e. The molecule has 0 bridgehead atoms. The normalized spacial score (nSPS) is 26.1. The van der Waals surface area contributed by atoms with Crippen molar-refractivity contribution in [1.29, 1.82) is 0 Å². The first kappa shape index (κ1) is 19.0. The van der Waals surface area contributed by atoms with Crippen LogP contribution in [0.4, 0.5) is 10.5 Å². The van der Waals surface area contributed by atoms with Gasteiger partial charge in [-0.15, -0.1) is 0 Å². The fraction of sp³-hybridized carbons (Fsp3) is 0.529. The maximum atomic E-state index is 12.2. The molecule has 2 aliphatic heterocycles. The van der Waals surface area contributed by atoms with Crippen molar-refractivity contribution in [3.63, 3.8) is 0 Å². The Hall–Kier alpha value is -1.80. The number of hydrogen-bond acceptors (Lipinski definition) is 4. The highest BCUT2D eigenvalue weighted by Gasteiger charge is 2.51. The largest absolute Gasteiger partial charge is 0.332 e. The maximum absolute atomic E-state index is 12.2. The first-order valence-electron chi connectivity index (χ1n) is 8.61. The third-order valence-electron chi connectivity index (χ3n) is 4.94. The average molecular weight is 400 g/mol. The van der Waals surface area contributed by atoms with E-state index in [4.69, 9.17) is 11.6 Å². The van der Waals surface area contributed by atoms with Crippen molar-refractivity contribution in [1.82, 2.24) is 10.6 Å². The van der Waals surface area contributed by atoms with E-state index < -0.39 is 15.1 Å². The third-order valence-corrected chi connectivity index (χ3v) is 7.45. The van der Waals surface area contributed by atoms with Gasteiger partial charge in [-0.05, 0) is 37.5 Å². The Bertz CT molecular complexity index is 827. The van der Waals surface area contributed by atoms with Crippen LogP contribution in [-0.4, -0.2) is 43.4 Å². The molecule has 0 unspecified atom stereocenters. The quantitative estimate of drug-likeness (QED) is 0.502. The molecule has 0 aromatic heterocycles. The number of carbonyl (C=O) groups is 2. The molecular weight excluding hydrogens is 378 g/mol. The number of urea groups is 1. The molecule has 142 valence electrons. The van der Waals surface area contributed by atoms with E-state index in [9.17, 15) is 18.0 Å². The summed E-state index contributed by atoms with van der Waals surface area (Å²) in [6, 6.07) is 4.29. The minimum atomic E-state index is -3.22. The van der Waals surface area contributed by atoms with Gasteiger partial charge in [0.25, 0.3) is 0 Å². The minimum Gasteiger partial charge on any atom is -0.332 e. The van der Waals surface area contributed by atoms with E-state index in [1.807, 2.05) is 13.0 Å². The van der Waals surface area contributed by atoms with Crippen molar-refractivity contribution in [3.8, 4) is 0 Å². The smallest absolute Gasteiger partial charge is 0.315 e. The zero-order valence-electron chi connectivity index (χ0n) is 14.4. The Labute approximate surface area is 157 Å². The van der Waals surface area contributed by atoms with Crippen LogP contribution in [-0.2, 0) is 14.6 Å². The fourth-order valence-corrected chi connectivity index (χ4v) is 6.02. The summed E-state index contributed by atoms with van der Waals surface area (Å²) >= 11 is 5.94. The van der Waals surface area contributed by atoms with E-state index in [0.717, 1.165) is 5.56 Å². The number of benzene rings is 1. The average Bonchev–Trinajstić information content (AvgIpc) is 2.99. The molecule has 2 heterocycles. The lowest BCUT2D eigenvalue weighted by molar-refractivity contribution is -0.116. The van der Waals surface area contributed by atoms with Crippen LogP contribution in [0, 0.1) is 6.92 Å². The molecule has 1 aromatic rings. The van der Waals surface area contributed by atoms with Crippen LogP contribution >= 0.6 is 11.6 Å². The van der Waals surface area contributed by atoms with Gasteiger partial charge in [0.2, 0.25) is 5.91 Å². The molecule has 2 fully saturated rings. The molecule has 26 heavy (non-hydrogen) atoms. The molecule has 3 rings (SSSR count). The lowest BCUT2D eigenvalue weighted by atomic mass is 10.0. The van der Waals surface area contributed by atoms with Crippen molar-refractivity contribution in [3.05, 3.63) is 28.8 Å². The summed E-state index contributed by atoms with van der Waals surface area (Å²) in [5.74, 6) is -0.145. The molecule has 2 aliphatic rings. The van der Waals surface area contributed by atoms with Gasteiger partial charge in [0.1, 0.15) is 0 Å². The Morgan fingerprint density at radius 3 is 2.85 bits per heavy atom. The first-order valence-corrected chi connectivity index (χ1v) is 10.7. The zero-order valence-corrected chi connectivity index (χ0v) is 16.0. The Balaban J connectivity index is 1.47. The zero-order chi connectivity index (χ0) is 18.9. The molecule has 3 N–H and O–H groups in total. The van der Waals surface area contributed by atoms with E-state index in [1.165, 1.54) is 0 Å². The summed E-state index contributed by atoms with van der Waals surface area (Å²) in [6.45, 7) is 1.89. The van der Waals surface area contributed by atoms with Crippen molar-refractivity contribution < 1.29 is 18.0 Å². The topological polar surface area (TPSA) is 104 Å². The number of nitrogens with one attached hydrogen (secondary N) is 3. The van der Waals surface area contributed by atoms with Gasteiger partial charge in [0.05, 0.1) is 23.1 Å². The van der Waals surface area contributed by atoms with Crippen molar-refractivity contribution >= 4 is 39.1 Å². The van der Waals surface area contributed by atoms with E-state index in [0.29, 0.717) is 36.4 Å². The summed E-state index contributed by atoms with van der Waals surface area (Å²) in [6.07, 6.45) is 1.92. The standard InChI is InChI=1S/C17H22ClN3O4S/c1-10-6-7-11(18)8-12(10)19-15(22)5-3-2-4-14-16-13(9-26(14,24)25)20-17(23)21-16/h6-8,13-14,16H,2-5,9H2,1H3,(H,19,22)(H2,20,21,23)/t13-,14-,16-/m1/s1. The molecule has 3 amide bonds. The van der Waals surface area contributed by atoms with E-state index >= 15 is 0 Å². The predicted molar refractivity (Wildman–Crippen MR) is 100 cm³/mol. The van der Waals surface area contributed by atoms with Crippen LogP contribution in [0.3, 0.4) is 0 Å². The molecule has 9 heteroatoms. The fourth-order valence-electron chi connectivity index (χ4n) is 3.58. The number of hydrogen-bond donors (Lipinski definition) is 3. The molecule has 7 nitrogen and oxygen atoms in total. The summed E-state index contributed by atoms with van der Waals surface area (Å²) in [4.78, 5) is 23.5. The van der Waals surface area contributed by atoms with Gasteiger partial charge in [0.15, 0.2) is 9.84 Å². The monoisotopic (exact) mass is 399 g/mol. The number of sulfone groups is 1. The molecule has 1 aromatic carbocycles. The Kier molecular flexibility index (Phi) is 5.43. The van der Waals surface area contributed by atoms with Crippen LogP contribution in [0.25, 0.3) is 0 Å². The summed E-state index contributed by atoms with van der Waals surface area (Å²) < 4.78 is 24.5. The van der Waals surface area contributed by atoms with Crippen molar-refractivity contribution in [2.75, 3.05) is 11.1 Å². The Morgan fingerprint density at radius 1 is 1.31 bits per heavy atom. The number of amides is 3. The van der Waals surface area contributed by atoms with Gasteiger partial charge in [-0.1, -0.05) is 24.1 Å². The minimum absolute atomic E-state index is 0.0183. The van der Waals surface area contributed by atoms with Gasteiger partial charge in [0, 0.05) is 17.1 Å². The lowest BCUT2D eigenvalue weighted by Crippen LogP contribution is -2.39. The van der Waals surface area contributed by atoms with Crippen molar-refractivity contribution in [2.45, 2.75) is 49.9 Å². The highest BCUT2D eigenvalue weighted by atomic mass is 35.5. The van der Waals surface area contributed by atoms with Gasteiger partial charge < -0.3 is 16.0 Å². The number of halogens is 1. The van der Waals surface area contributed by atoms with E-state index in [-0.39, 0.29) is 29.8 Å². The second kappa shape index (κ2) is 7.44. The number of aryl methyl sites for hydroxylation is 1. The van der Waals surface area contributed by atoms with Gasteiger partial charge >= 0.3 is 6.03 Å². The molecule has 0 aliphatic carbocycles. The summed E-state index contributed by atoms with van der Waals surface area (Å²) in [5.41, 5.74) is 1.61. The number of anilines is 1. The van der Waals surface area contributed by atoms with Crippen molar-refractivity contribution in [2.24, 2.45) is 0 Å². The van der Waals surface area contributed by atoms with Crippen LogP contribution in [0.5, 0.6) is 0 Å². The Morgan fingerprint density at radius 2 is 2.08 bits per heavy atom. The second-order valence-electron chi connectivity index (χ2n) is 6.87. The van der Waals surface area contributed by atoms with Crippen LogP contribution in [0.1, 0.15) is 31.2 Å². The molecule has 0 spiro atoms. The number of unbranched alkanes of at least 4 members (excludes halogenated alkanes) is 1. The SMILES string of the molecule is Cc1ccc(Cl)cc1NC(=O)CCCC[C@@H]1[C@@H]2NC(=O)N[C@@H]2CS1(=O)=O. The highest BCUT2D eigenvalue weighted by molar-refractivity contribution is 7.92. The van der Waals surface area contributed by atoms with Crippen LogP contribution in [0.2, 0.25) is 5.02 Å². The van der Waals surface area contributed by atoms with E-state index in [2.05, 4.69) is 16.0 Å². The number of rotatable bonds is 6. The number of fused-ring (bicyclic) bond motifs is 1. The van der Waals surface area contributed by atoms with Crippen LogP contribution in [0.15, 0.2) is 18.2 Å². The van der Waals surface area contributed by atoms with Crippen LogP contribution < -0.4 is 16.0 Å². The summed E-state index contributed by atoms with van der Waals surface area (Å²) in [5, 5.41) is 8.14. The third kappa shape index (κ3) is 4.12. The van der Waals surface area contributed by atoms with E-state index in [1.54, 1.807) is 12.1 Å². The highest BCUT2D eigenvalue weighted by Crippen LogP contribution is 2.28. The molecule has 0 radical (unpaired) electrons.